The molecule has 0 aliphatic rings. The van der Waals surface area contributed by atoms with Crippen LogP contribution in [0.5, 0.6) is 0 Å². The number of pyridine rings is 1. The van der Waals surface area contributed by atoms with Crippen LogP contribution in [0.3, 0.4) is 0 Å². The zero-order valence-corrected chi connectivity index (χ0v) is 10.6. The molecule has 2 rings (SSSR count). The molecule has 0 aliphatic carbocycles. The lowest BCUT2D eigenvalue weighted by molar-refractivity contribution is 0.282. The molecule has 0 radical (unpaired) electrons. The van der Waals surface area contributed by atoms with Crippen LogP contribution in [0.4, 0.5) is 0 Å². The topological polar surface area (TPSA) is 45.2 Å². The van der Waals surface area contributed by atoms with E-state index in [2.05, 4.69) is 23.3 Å². The van der Waals surface area contributed by atoms with Gasteiger partial charge in [0.1, 0.15) is 0 Å². The van der Waals surface area contributed by atoms with E-state index in [1.165, 1.54) is 11.1 Å². The van der Waals surface area contributed by atoms with Crippen molar-refractivity contribution in [2.24, 2.45) is 0 Å². The Balaban J connectivity index is 1.86. The van der Waals surface area contributed by atoms with Crippen molar-refractivity contribution in [2.75, 3.05) is 0 Å². The number of nitrogens with zero attached hydrogens (tertiary/aromatic N) is 1. The summed E-state index contributed by atoms with van der Waals surface area (Å²) in [6, 6.07) is 12.0. The standard InChI is InChI=1S/C15H18N2O/c1-12-3-2-8-17-15(12)10-16-9-13-4-6-14(11-18)7-5-13/h2-8,16,18H,9-11H2,1H3. The molecule has 0 saturated carbocycles. The first-order valence-electron chi connectivity index (χ1n) is 6.09. The number of aromatic nitrogens is 1. The van der Waals surface area contributed by atoms with Gasteiger partial charge in [-0.15, -0.1) is 0 Å². The number of benzene rings is 1. The quantitative estimate of drug-likeness (QED) is 0.844. The van der Waals surface area contributed by atoms with Crippen LogP contribution in [0.15, 0.2) is 42.6 Å². The molecular weight excluding hydrogens is 224 g/mol. The molecule has 0 bridgehead atoms. The second-order valence-electron chi connectivity index (χ2n) is 4.35. The predicted molar refractivity (Wildman–Crippen MR) is 71.9 cm³/mol. The number of rotatable bonds is 5. The molecule has 1 aromatic carbocycles. The second kappa shape index (κ2) is 6.28. The number of hydrogen-bond donors (Lipinski definition) is 2. The SMILES string of the molecule is Cc1cccnc1CNCc1ccc(CO)cc1. The van der Waals surface area contributed by atoms with Gasteiger partial charge in [-0.05, 0) is 29.7 Å². The molecule has 3 nitrogen and oxygen atoms in total. The fraction of sp³-hybridized carbons (Fsp3) is 0.267. The van der Waals surface area contributed by atoms with Crippen LogP contribution in [0.25, 0.3) is 0 Å². The van der Waals surface area contributed by atoms with E-state index in [1.54, 1.807) is 0 Å². The molecule has 0 saturated heterocycles. The third-order valence-corrected chi connectivity index (χ3v) is 2.94. The molecular formula is C15H18N2O. The third-order valence-electron chi connectivity index (χ3n) is 2.94. The van der Waals surface area contributed by atoms with Crippen LogP contribution >= 0.6 is 0 Å². The first-order valence-corrected chi connectivity index (χ1v) is 6.09. The Labute approximate surface area is 108 Å². The van der Waals surface area contributed by atoms with Crippen molar-refractivity contribution in [3.63, 3.8) is 0 Å². The molecule has 0 unspecified atom stereocenters. The van der Waals surface area contributed by atoms with Crippen LogP contribution in [0.1, 0.15) is 22.4 Å². The first kappa shape index (κ1) is 12.7. The number of hydrogen-bond acceptors (Lipinski definition) is 3. The summed E-state index contributed by atoms with van der Waals surface area (Å²) in [5, 5.41) is 12.3. The molecule has 0 aliphatic heterocycles. The molecule has 0 spiro atoms. The number of aliphatic hydroxyl groups excluding tert-OH is 1. The molecule has 3 heteroatoms. The molecule has 94 valence electrons. The summed E-state index contributed by atoms with van der Waals surface area (Å²) < 4.78 is 0. The maximum atomic E-state index is 8.96. The van der Waals surface area contributed by atoms with Crippen molar-refractivity contribution in [1.82, 2.24) is 10.3 Å². The van der Waals surface area contributed by atoms with Crippen molar-refractivity contribution in [3.05, 3.63) is 65.0 Å². The largest absolute Gasteiger partial charge is 0.392 e. The molecule has 0 amide bonds. The molecule has 0 atom stereocenters. The van der Waals surface area contributed by atoms with Gasteiger partial charge in [0, 0.05) is 19.3 Å². The molecule has 2 aromatic rings. The zero-order valence-electron chi connectivity index (χ0n) is 10.6. The lowest BCUT2D eigenvalue weighted by Crippen LogP contribution is -2.14. The minimum Gasteiger partial charge on any atom is -0.392 e. The molecule has 1 aromatic heterocycles. The monoisotopic (exact) mass is 242 g/mol. The highest BCUT2D eigenvalue weighted by Crippen LogP contribution is 2.06. The van der Waals surface area contributed by atoms with Gasteiger partial charge < -0.3 is 10.4 Å². The molecule has 0 fully saturated rings. The van der Waals surface area contributed by atoms with E-state index in [9.17, 15) is 0 Å². The van der Waals surface area contributed by atoms with Crippen LogP contribution in [-0.4, -0.2) is 10.1 Å². The Bertz CT molecular complexity index is 494. The van der Waals surface area contributed by atoms with Crippen LogP contribution in [0.2, 0.25) is 0 Å². The summed E-state index contributed by atoms with van der Waals surface area (Å²) in [4.78, 5) is 4.34. The highest BCUT2D eigenvalue weighted by atomic mass is 16.3. The smallest absolute Gasteiger partial charge is 0.0681 e. The fourth-order valence-corrected chi connectivity index (χ4v) is 1.79. The van der Waals surface area contributed by atoms with E-state index in [1.807, 2.05) is 36.5 Å². The minimum absolute atomic E-state index is 0.0981. The van der Waals surface area contributed by atoms with Crippen LogP contribution < -0.4 is 5.32 Å². The van der Waals surface area contributed by atoms with E-state index < -0.39 is 0 Å². The highest BCUT2D eigenvalue weighted by Gasteiger charge is 1.98. The van der Waals surface area contributed by atoms with Gasteiger partial charge in [0.25, 0.3) is 0 Å². The number of aryl methyl sites for hydroxylation is 1. The fourth-order valence-electron chi connectivity index (χ4n) is 1.79. The van der Waals surface area contributed by atoms with Crippen molar-refractivity contribution in [3.8, 4) is 0 Å². The Morgan fingerprint density at radius 1 is 1.06 bits per heavy atom. The van der Waals surface area contributed by atoms with Gasteiger partial charge in [-0.3, -0.25) is 4.98 Å². The zero-order chi connectivity index (χ0) is 12.8. The summed E-state index contributed by atoms with van der Waals surface area (Å²) in [5.74, 6) is 0. The Morgan fingerprint density at radius 3 is 2.44 bits per heavy atom. The Morgan fingerprint density at radius 2 is 1.78 bits per heavy atom. The van der Waals surface area contributed by atoms with Crippen molar-refractivity contribution < 1.29 is 5.11 Å². The summed E-state index contributed by atoms with van der Waals surface area (Å²) >= 11 is 0. The Hall–Kier alpha value is -1.71. The van der Waals surface area contributed by atoms with Gasteiger partial charge in [-0.2, -0.15) is 0 Å². The van der Waals surface area contributed by atoms with Crippen molar-refractivity contribution in [2.45, 2.75) is 26.6 Å². The average Bonchev–Trinajstić information content (AvgIpc) is 2.42. The summed E-state index contributed by atoms with van der Waals surface area (Å²) in [7, 11) is 0. The molecule has 18 heavy (non-hydrogen) atoms. The number of aliphatic hydroxyl groups is 1. The first-order chi connectivity index (χ1) is 8.79. The normalized spacial score (nSPS) is 10.6. The van der Waals surface area contributed by atoms with Crippen LogP contribution in [0, 0.1) is 6.92 Å². The lowest BCUT2D eigenvalue weighted by atomic mass is 10.1. The maximum Gasteiger partial charge on any atom is 0.0681 e. The van der Waals surface area contributed by atoms with Gasteiger partial charge in [0.2, 0.25) is 0 Å². The van der Waals surface area contributed by atoms with Crippen LogP contribution in [-0.2, 0) is 19.7 Å². The van der Waals surface area contributed by atoms with Gasteiger partial charge in [0.15, 0.2) is 0 Å². The van der Waals surface area contributed by atoms with E-state index in [-0.39, 0.29) is 6.61 Å². The van der Waals surface area contributed by atoms with E-state index in [4.69, 9.17) is 5.11 Å². The third kappa shape index (κ3) is 3.39. The summed E-state index contributed by atoms with van der Waals surface area (Å²) in [5.41, 5.74) is 4.45. The molecule has 2 N–H and O–H groups in total. The molecule has 1 heterocycles. The van der Waals surface area contributed by atoms with Gasteiger partial charge in [-0.1, -0.05) is 30.3 Å². The van der Waals surface area contributed by atoms with Crippen molar-refractivity contribution >= 4 is 0 Å². The summed E-state index contributed by atoms with van der Waals surface area (Å²) in [6.45, 7) is 3.75. The minimum atomic E-state index is 0.0981. The lowest BCUT2D eigenvalue weighted by Gasteiger charge is -2.07. The highest BCUT2D eigenvalue weighted by molar-refractivity contribution is 5.22. The van der Waals surface area contributed by atoms with Gasteiger partial charge in [-0.25, -0.2) is 0 Å². The number of nitrogens with one attached hydrogen (secondary N) is 1. The van der Waals surface area contributed by atoms with Gasteiger partial charge in [0.05, 0.1) is 12.3 Å². The van der Waals surface area contributed by atoms with E-state index in [0.29, 0.717) is 0 Å². The predicted octanol–water partition coefficient (Wildman–Crippen LogP) is 2.17. The van der Waals surface area contributed by atoms with E-state index >= 15 is 0 Å². The second-order valence-corrected chi connectivity index (χ2v) is 4.35. The van der Waals surface area contributed by atoms with Crippen molar-refractivity contribution in [1.29, 1.82) is 0 Å². The maximum absolute atomic E-state index is 8.96. The van der Waals surface area contributed by atoms with E-state index in [0.717, 1.165) is 24.3 Å². The summed E-state index contributed by atoms with van der Waals surface area (Å²) in [6.07, 6.45) is 1.82. The van der Waals surface area contributed by atoms with Gasteiger partial charge >= 0.3 is 0 Å². The Kier molecular flexibility index (Phi) is 4.45. The average molecular weight is 242 g/mol.